The highest BCUT2D eigenvalue weighted by Crippen LogP contribution is 2.22. The Balaban J connectivity index is 2.48. The highest BCUT2D eigenvalue weighted by Gasteiger charge is 2.17. The van der Waals surface area contributed by atoms with E-state index < -0.39 is 0 Å². The molecule has 0 amide bonds. The van der Waals surface area contributed by atoms with E-state index in [4.69, 9.17) is 0 Å². The lowest BCUT2D eigenvalue weighted by Crippen LogP contribution is -2.34. The van der Waals surface area contributed by atoms with Crippen molar-refractivity contribution >= 4 is 21.6 Å². The van der Waals surface area contributed by atoms with Crippen LogP contribution in [0, 0.1) is 0 Å². The average Bonchev–Trinajstić information content (AvgIpc) is 2.49. The molecule has 1 atom stereocenters. The van der Waals surface area contributed by atoms with Gasteiger partial charge in [-0.25, -0.2) is 4.98 Å². The number of aliphatic hydroxyl groups is 1. The maximum atomic E-state index is 12.3. The molecule has 2 aromatic heterocycles. The van der Waals surface area contributed by atoms with Gasteiger partial charge in [-0.2, -0.15) is 9.78 Å². The monoisotopic (exact) mass is 338 g/mol. The number of halogens is 1. The van der Waals surface area contributed by atoms with E-state index in [1.807, 2.05) is 6.92 Å². The van der Waals surface area contributed by atoms with E-state index >= 15 is 0 Å². The van der Waals surface area contributed by atoms with Gasteiger partial charge in [0, 0.05) is 19.3 Å². The minimum atomic E-state index is -0.293. The predicted molar refractivity (Wildman–Crippen MR) is 80.3 cm³/mol. The molecule has 0 saturated carbocycles. The molecule has 0 bridgehead atoms. The zero-order chi connectivity index (χ0) is 14.7. The smallest absolute Gasteiger partial charge is 0.289 e. The maximum absolute atomic E-state index is 12.3. The molecule has 0 saturated heterocycles. The summed E-state index contributed by atoms with van der Waals surface area (Å²) in [5, 5.41) is 13.3. The summed E-state index contributed by atoms with van der Waals surface area (Å²) in [7, 11) is 1.80. The van der Waals surface area contributed by atoms with Crippen LogP contribution in [0.15, 0.2) is 39.9 Å². The van der Waals surface area contributed by atoms with E-state index in [2.05, 4.69) is 26.0 Å². The number of rotatable bonds is 4. The van der Waals surface area contributed by atoms with Gasteiger partial charge in [-0.05, 0) is 35.0 Å². The normalized spacial score (nSPS) is 12.2. The minimum absolute atomic E-state index is 0.00767. The third-order valence-electron chi connectivity index (χ3n) is 3.07. The molecular weight excluding hydrogens is 324 g/mol. The first-order valence-electron chi connectivity index (χ1n) is 6.09. The summed E-state index contributed by atoms with van der Waals surface area (Å²) < 4.78 is 1.62. The van der Waals surface area contributed by atoms with Crippen LogP contribution in [0.25, 0.3) is 5.82 Å². The van der Waals surface area contributed by atoms with E-state index in [1.165, 1.54) is 4.68 Å². The second-order valence-electron chi connectivity index (χ2n) is 4.39. The fourth-order valence-corrected chi connectivity index (χ4v) is 2.22. The fourth-order valence-electron chi connectivity index (χ4n) is 1.67. The van der Waals surface area contributed by atoms with Crippen molar-refractivity contribution in [2.24, 2.45) is 0 Å². The molecule has 0 aliphatic carbocycles. The van der Waals surface area contributed by atoms with Crippen LogP contribution >= 0.6 is 15.9 Å². The third kappa shape index (κ3) is 2.73. The van der Waals surface area contributed by atoms with Crippen molar-refractivity contribution in [3.05, 3.63) is 45.4 Å². The minimum Gasteiger partial charge on any atom is -0.394 e. The second-order valence-corrected chi connectivity index (χ2v) is 5.18. The van der Waals surface area contributed by atoms with Gasteiger partial charge in [0.25, 0.3) is 5.56 Å². The third-order valence-corrected chi connectivity index (χ3v) is 3.82. The Morgan fingerprint density at radius 3 is 2.85 bits per heavy atom. The molecule has 0 radical (unpaired) electrons. The summed E-state index contributed by atoms with van der Waals surface area (Å²) in [6.07, 6.45) is 3.18. The SMILES string of the molecule is CC(CO)N(C)c1cnn(-c2ccccn2)c(=O)c1Br. The molecule has 1 unspecified atom stereocenters. The Labute approximate surface area is 124 Å². The highest BCUT2D eigenvalue weighted by molar-refractivity contribution is 9.10. The van der Waals surface area contributed by atoms with Crippen LogP contribution in [0.2, 0.25) is 0 Å². The first-order chi connectivity index (χ1) is 9.56. The molecule has 106 valence electrons. The number of likely N-dealkylation sites (N-methyl/N-ethyl adjacent to an activating group) is 1. The predicted octanol–water partition coefficient (Wildman–Crippen LogP) is 1.21. The van der Waals surface area contributed by atoms with Crippen molar-refractivity contribution in [3.63, 3.8) is 0 Å². The first kappa shape index (κ1) is 14.7. The molecule has 20 heavy (non-hydrogen) atoms. The number of hydrogen-bond donors (Lipinski definition) is 1. The molecule has 2 aromatic rings. The number of hydrogen-bond acceptors (Lipinski definition) is 5. The Hall–Kier alpha value is -1.73. The quantitative estimate of drug-likeness (QED) is 0.907. The molecule has 0 aromatic carbocycles. The molecule has 2 heterocycles. The topological polar surface area (TPSA) is 71.2 Å². The lowest BCUT2D eigenvalue weighted by Gasteiger charge is -2.25. The van der Waals surface area contributed by atoms with Crippen LogP contribution in [-0.2, 0) is 0 Å². The molecule has 0 fully saturated rings. The van der Waals surface area contributed by atoms with E-state index in [1.54, 1.807) is 42.5 Å². The molecule has 0 aliphatic rings. The highest BCUT2D eigenvalue weighted by atomic mass is 79.9. The van der Waals surface area contributed by atoms with E-state index in [0.29, 0.717) is 16.0 Å². The van der Waals surface area contributed by atoms with Crippen LogP contribution in [0.3, 0.4) is 0 Å². The molecular formula is C13H15BrN4O2. The Bertz CT molecular complexity index is 645. The number of nitrogens with zero attached hydrogens (tertiary/aromatic N) is 4. The van der Waals surface area contributed by atoms with Crippen molar-refractivity contribution in [1.82, 2.24) is 14.8 Å². The average molecular weight is 339 g/mol. The Kier molecular flexibility index (Phi) is 4.51. The zero-order valence-corrected chi connectivity index (χ0v) is 12.8. The van der Waals surface area contributed by atoms with Gasteiger partial charge < -0.3 is 10.0 Å². The van der Waals surface area contributed by atoms with Crippen molar-refractivity contribution in [3.8, 4) is 5.82 Å². The zero-order valence-electron chi connectivity index (χ0n) is 11.2. The van der Waals surface area contributed by atoms with Crippen molar-refractivity contribution in [2.45, 2.75) is 13.0 Å². The van der Waals surface area contributed by atoms with E-state index in [0.717, 1.165) is 0 Å². The molecule has 1 N–H and O–H groups in total. The largest absolute Gasteiger partial charge is 0.394 e. The number of aliphatic hydroxyl groups excluding tert-OH is 1. The summed E-state index contributed by atoms with van der Waals surface area (Å²) in [5.41, 5.74) is 0.335. The Morgan fingerprint density at radius 1 is 1.50 bits per heavy atom. The summed E-state index contributed by atoms with van der Waals surface area (Å²) in [6, 6.07) is 5.16. The van der Waals surface area contributed by atoms with E-state index in [9.17, 15) is 9.90 Å². The summed E-state index contributed by atoms with van der Waals surface area (Å²) in [6.45, 7) is 1.85. The van der Waals surface area contributed by atoms with Crippen LogP contribution in [0.5, 0.6) is 0 Å². The summed E-state index contributed by atoms with van der Waals surface area (Å²) in [4.78, 5) is 18.2. The van der Waals surface area contributed by atoms with Crippen molar-refractivity contribution < 1.29 is 5.11 Å². The molecule has 0 spiro atoms. The van der Waals surface area contributed by atoms with Crippen LogP contribution in [0.1, 0.15) is 6.92 Å². The first-order valence-corrected chi connectivity index (χ1v) is 6.88. The van der Waals surface area contributed by atoms with Gasteiger partial charge in [-0.3, -0.25) is 4.79 Å². The standard InChI is InChI=1S/C13H15BrN4O2/c1-9(8-19)17(2)10-7-16-18(13(20)12(10)14)11-5-3-4-6-15-11/h3-7,9,19H,8H2,1-2H3. The van der Waals surface area contributed by atoms with Crippen molar-refractivity contribution in [2.75, 3.05) is 18.6 Å². The molecule has 7 heteroatoms. The molecule has 0 aliphatic heterocycles. The van der Waals surface area contributed by atoms with Crippen LogP contribution < -0.4 is 10.5 Å². The van der Waals surface area contributed by atoms with Gasteiger partial charge in [0.05, 0.1) is 18.5 Å². The number of aromatic nitrogens is 3. The Morgan fingerprint density at radius 2 is 2.25 bits per heavy atom. The number of pyridine rings is 1. The van der Waals surface area contributed by atoms with Gasteiger partial charge >= 0.3 is 0 Å². The van der Waals surface area contributed by atoms with Crippen LogP contribution in [-0.4, -0.2) is 39.6 Å². The lowest BCUT2D eigenvalue weighted by molar-refractivity contribution is 0.270. The molecule has 2 rings (SSSR count). The van der Waals surface area contributed by atoms with Gasteiger partial charge in [0.1, 0.15) is 4.47 Å². The number of anilines is 1. The molecule has 6 nitrogen and oxygen atoms in total. The summed E-state index contributed by atoms with van der Waals surface area (Å²) in [5.74, 6) is 0.461. The lowest BCUT2D eigenvalue weighted by atomic mass is 10.3. The maximum Gasteiger partial charge on any atom is 0.289 e. The van der Waals surface area contributed by atoms with Gasteiger partial charge in [-0.1, -0.05) is 6.07 Å². The fraction of sp³-hybridized carbons (Fsp3) is 0.308. The van der Waals surface area contributed by atoms with E-state index in [-0.39, 0.29) is 18.2 Å². The second kappa shape index (κ2) is 6.15. The van der Waals surface area contributed by atoms with Gasteiger partial charge in [0.15, 0.2) is 5.82 Å². The van der Waals surface area contributed by atoms with Crippen molar-refractivity contribution in [1.29, 1.82) is 0 Å². The van der Waals surface area contributed by atoms with Gasteiger partial charge in [0.2, 0.25) is 0 Å². The van der Waals surface area contributed by atoms with Gasteiger partial charge in [-0.15, -0.1) is 0 Å². The van der Waals surface area contributed by atoms with Crippen LogP contribution in [0.4, 0.5) is 5.69 Å². The summed E-state index contributed by atoms with van der Waals surface area (Å²) >= 11 is 3.30.